The Labute approximate surface area is 186 Å². The summed E-state index contributed by atoms with van der Waals surface area (Å²) in [5, 5.41) is 9.66. The van der Waals surface area contributed by atoms with E-state index in [4.69, 9.17) is 0 Å². The first-order valence-electron chi connectivity index (χ1n) is 10.4. The molecule has 174 valence electrons. The Morgan fingerprint density at radius 1 is 0.697 bits per heavy atom. The lowest BCUT2D eigenvalue weighted by atomic mass is 9.82. The predicted octanol–water partition coefficient (Wildman–Crippen LogP) is 7.36. The van der Waals surface area contributed by atoms with Crippen molar-refractivity contribution < 1.29 is 36.2 Å². The van der Waals surface area contributed by atoms with Gasteiger partial charge in [-0.2, -0.15) is 0 Å². The molecule has 0 radical (unpaired) electrons. The van der Waals surface area contributed by atoms with Crippen molar-refractivity contribution in [2.75, 3.05) is 0 Å². The Bertz CT molecular complexity index is 1110. The van der Waals surface area contributed by atoms with E-state index in [1.54, 1.807) is 6.07 Å². The average molecular weight is 466 g/mol. The Hall–Kier alpha value is -3.00. The molecule has 1 aliphatic carbocycles. The number of rotatable bonds is 4. The van der Waals surface area contributed by atoms with E-state index in [1.165, 1.54) is 12.1 Å². The minimum absolute atomic E-state index is 0.160. The van der Waals surface area contributed by atoms with Crippen LogP contribution in [0.3, 0.4) is 0 Å². The zero-order chi connectivity index (χ0) is 23.8. The summed E-state index contributed by atoms with van der Waals surface area (Å²) in [4.78, 5) is 0. The van der Waals surface area contributed by atoms with Crippen LogP contribution in [0.15, 0.2) is 54.6 Å². The molecule has 0 aromatic heterocycles. The van der Waals surface area contributed by atoms with E-state index in [-0.39, 0.29) is 17.2 Å². The molecule has 1 saturated carbocycles. The first-order chi connectivity index (χ1) is 15.6. The van der Waals surface area contributed by atoms with E-state index in [9.17, 15) is 31.4 Å². The molecule has 0 saturated heterocycles. The van der Waals surface area contributed by atoms with Gasteiger partial charge in [-0.05, 0) is 72.1 Å². The highest BCUT2D eigenvalue weighted by Crippen LogP contribution is 2.36. The predicted molar refractivity (Wildman–Crippen MR) is 111 cm³/mol. The lowest BCUT2D eigenvalue weighted by Gasteiger charge is -2.25. The number of aliphatic hydroxyl groups excluding tert-OH is 1. The molecule has 3 aromatic rings. The molecule has 0 aliphatic heterocycles. The van der Waals surface area contributed by atoms with E-state index >= 15 is 0 Å². The van der Waals surface area contributed by atoms with Gasteiger partial charge in [0.15, 0.2) is 11.6 Å². The van der Waals surface area contributed by atoms with E-state index in [0.717, 1.165) is 36.8 Å². The maximum Gasteiger partial charge on any atom is 0.573 e. The highest BCUT2D eigenvalue weighted by atomic mass is 19.4. The number of halogens is 6. The van der Waals surface area contributed by atoms with Crippen molar-refractivity contribution in [2.45, 2.75) is 44.1 Å². The summed E-state index contributed by atoms with van der Waals surface area (Å²) >= 11 is 0. The molecule has 4 rings (SSSR count). The van der Waals surface area contributed by atoms with Crippen molar-refractivity contribution >= 4 is 0 Å². The standard InChI is InChI=1S/C25H20F6O2/c26-21-11-17(16-3-1-14(2-4-16)15-5-8-19(32)9-6-15)7-10-20(21)18-12-22(27)24(23(28)13-18)33-25(29,30)31/h1-4,7,10-13,15,19,32H,5-6,8-9H2. The maximum absolute atomic E-state index is 14.8. The van der Waals surface area contributed by atoms with Crippen molar-refractivity contribution in [2.24, 2.45) is 0 Å². The van der Waals surface area contributed by atoms with Crippen LogP contribution in [-0.4, -0.2) is 17.6 Å². The number of hydrogen-bond donors (Lipinski definition) is 1. The molecule has 0 bridgehead atoms. The van der Waals surface area contributed by atoms with Gasteiger partial charge in [-0.3, -0.25) is 0 Å². The number of aliphatic hydroxyl groups is 1. The zero-order valence-corrected chi connectivity index (χ0v) is 17.3. The molecule has 3 aromatic carbocycles. The summed E-state index contributed by atoms with van der Waals surface area (Å²) < 4.78 is 83.1. The first-order valence-corrected chi connectivity index (χ1v) is 10.4. The Kier molecular flexibility index (Phi) is 6.38. The monoisotopic (exact) mass is 466 g/mol. The topological polar surface area (TPSA) is 29.5 Å². The molecule has 33 heavy (non-hydrogen) atoms. The third kappa shape index (κ3) is 5.33. The van der Waals surface area contributed by atoms with Crippen molar-refractivity contribution in [1.82, 2.24) is 0 Å². The van der Waals surface area contributed by atoms with Gasteiger partial charge in [-0.15, -0.1) is 13.2 Å². The second kappa shape index (κ2) is 9.09. The molecule has 8 heteroatoms. The van der Waals surface area contributed by atoms with E-state index in [0.29, 0.717) is 23.6 Å². The van der Waals surface area contributed by atoms with Crippen molar-refractivity contribution in [3.8, 4) is 28.0 Å². The number of ether oxygens (including phenoxy) is 1. The van der Waals surface area contributed by atoms with Crippen LogP contribution in [0.1, 0.15) is 37.2 Å². The second-order valence-electron chi connectivity index (χ2n) is 8.14. The van der Waals surface area contributed by atoms with Crippen molar-refractivity contribution in [1.29, 1.82) is 0 Å². The Morgan fingerprint density at radius 3 is 1.79 bits per heavy atom. The fourth-order valence-corrected chi connectivity index (χ4v) is 4.21. The van der Waals surface area contributed by atoms with Crippen molar-refractivity contribution in [3.05, 3.63) is 77.6 Å². The molecular formula is C25H20F6O2. The fourth-order valence-electron chi connectivity index (χ4n) is 4.21. The average Bonchev–Trinajstić information content (AvgIpc) is 2.76. The normalized spacial score (nSPS) is 18.9. The van der Waals surface area contributed by atoms with Crippen LogP contribution in [0.2, 0.25) is 0 Å². The molecule has 0 amide bonds. The van der Waals surface area contributed by atoms with Gasteiger partial charge in [0.2, 0.25) is 5.75 Å². The summed E-state index contributed by atoms with van der Waals surface area (Å²) in [6, 6.07) is 12.9. The van der Waals surface area contributed by atoms with Crippen LogP contribution >= 0.6 is 0 Å². The fraction of sp³-hybridized carbons (Fsp3) is 0.280. The molecule has 0 spiro atoms. The van der Waals surface area contributed by atoms with E-state index < -0.39 is 29.6 Å². The Balaban J connectivity index is 1.56. The lowest BCUT2D eigenvalue weighted by Crippen LogP contribution is -2.19. The van der Waals surface area contributed by atoms with Crippen LogP contribution in [-0.2, 0) is 0 Å². The van der Waals surface area contributed by atoms with Gasteiger partial charge in [0.25, 0.3) is 0 Å². The molecule has 0 unspecified atom stereocenters. The first kappa shape index (κ1) is 23.2. The van der Waals surface area contributed by atoms with Gasteiger partial charge in [0.05, 0.1) is 6.10 Å². The largest absolute Gasteiger partial charge is 0.573 e. The molecule has 1 N–H and O–H groups in total. The van der Waals surface area contributed by atoms with Crippen molar-refractivity contribution in [3.63, 3.8) is 0 Å². The summed E-state index contributed by atoms with van der Waals surface area (Å²) in [5.74, 6) is -5.17. The molecule has 1 aliphatic rings. The third-order valence-corrected chi connectivity index (χ3v) is 5.91. The summed E-state index contributed by atoms with van der Waals surface area (Å²) in [7, 11) is 0. The van der Waals surface area contributed by atoms with Crippen LogP contribution in [0.5, 0.6) is 5.75 Å². The quantitative estimate of drug-likeness (QED) is 0.407. The minimum Gasteiger partial charge on any atom is -0.399 e. The minimum atomic E-state index is -5.26. The number of alkyl halides is 3. The van der Waals surface area contributed by atoms with Crippen LogP contribution < -0.4 is 4.74 Å². The highest BCUT2D eigenvalue weighted by molar-refractivity contribution is 5.71. The molecule has 2 nitrogen and oxygen atoms in total. The van der Waals surface area contributed by atoms with E-state index in [2.05, 4.69) is 4.74 Å². The lowest BCUT2D eigenvalue weighted by molar-refractivity contribution is -0.276. The van der Waals surface area contributed by atoms with Crippen LogP contribution in [0, 0.1) is 17.5 Å². The third-order valence-electron chi connectivity index (χ3n) is 5.91. The van der Waals surface area contributed by atoms with Gasteiger partial charge in [0, 0.05) is 5.56 Å². The van der Waals surface area contributed by atoms with Gasteiger partial charge < -0.3 is 9.84 Å². The van der Waals surface area contributed by atoms with Gasteiger partial charge >= 0.3 is 6.36 Å². The summed E-state index contributed by atoms with van der Waals surface area (Å²) in [6.45, 7) is 0. The molecular weight excluding hydrogens is 446 g/mol. The molecule has 0 heterocycles. The highest BCUT2D eigenvalue weighted by Gasteiger charge is 2.34. The smallest absolute Gasteiger partial charge is 0.399 e. The SMILES string of the molecule is OC1CCC(c2ccc(-c3ccc(-c4cc(F)c(OC(F)(F)F)c(F)c4)c(F)c3)cc2)CC1. The Morgan fingerprint density at radius 2 is 1.24 bits per heavy atom. The van der Waals surface area contributed by atoms with Gasteiger partial charge in [-0.25, -0.2) is 13.2 Å². The summed E-state index contributed by atoms with van der Waals surface area (Å²) in [5.41, 5.74) is 2.02. The van der Waals surface area contributed by atoms with Gasteiger partial charge in [0.1, 0.15) is 5.82 Å². The second-order valence-corrected chi connectivity index (χ2v) is 8.14. The summed E-state index contributed by atoms with van der Waals surface area (Å²) in [6.07, 6.45) is -2.15. The molecule has 1 fully saturated rings. The number of benzene rings is 3. The molecule has 0 atom stereocenters. The zero-order valence-electron chi connectivity index (χ0n) is 17.3. The van der Waals surface area contributed by atoms with Crippen LogP contribution in [0.25, 0.3) is 22.3 Å². The van der Waals surface area contributed by atoms with Gasteiger partial charge in [-0.1, -0.05) is 36.4 Å². The van der Waals surface area contributed by atoms with Crippen LogP contribution in [0.4, 0.5) is 26.3 Å². The van der Waals surface area contributed by atoms with E-state index in [1.807, 2.05) is 24.3 Å². The number of hydrogen-bond acceptors (Lipinski definition) is 2. The maximum atomic E-state index is 14.8.